The molecule has 0 unspecified atom stereocenters. The molecule has 24 heavy (non-hydrogen) atoms. The van der Waals surface area contributed by atoms with Crippen molar-refractivity contribution in [3.63, 3.8) is 0 Å². The topological polar surface area (TPSA) is 40.5 Å². The minimum atomic E-state index is -0.454. The van der Waals surface area contributed by atoms with Gasteiger partial charge in [0.15, 0.2) is 0 Å². The van der Waals surface area contributed by atoms with E-state index >= 15 is 0 Å². The second-order valence-corrected chi connectivity index (χ2v) is 9.45. The smallest absolute Gasteiger partial charge is 0.0645 e. The van der Waals surface area contributed by atoms with Crippen LogP contribution in [0.5, 0.6) is 0 Å². The van der Waals surface area contributed by atoms with Crippen LogP contribution in [0.2, 0.25) is 0 Å². The van der Waals surface area contributed by atoms with E-state index in [0.29, 0.717) is 23.2 Å². The fourth-order valence-corrected chi connectivity index (χ4v) is 5.94. The monoisotopic (exact) mass is 398 g/mol. The highest BCUT2D eigenvalue weighted by atomic mass is 79.9. The second-order valence-electron chi connectivity index (χ2n) is 8.99. The standard InChI is InChI=1S/C21H35BrO2/c1-14(11-19(24)20(3,4)15(2)13-23)17-8-9-18-16(12-22)7-6-10-21(17,18)5/h12,14,17-19,23-24H,2,6-11,13H2,1,3-5H3/b16-12+/t14-,17-,18+,19-,21-/m1/s1. The number of aliphatic hydroxyl groups is 2. The van der Waals surface area contributed by atoms with Crippen molar-refractivity contribution >= 4 is 15.9 Å². The van der Waals surface area contributed by atoms with Crippen molar-refractivity contribution in [2.24, 2.45) is 28.6 Å². The Morgan fingerprint density at radius 2 is 2.12 bits per heavy atom. The predicted octanol–water partition coefficient (Wildman–Crippen LogP) is 5.44. The fourth-order valence-electron chi connectivity index (χ4n) is 5.40. The molecule has 2 rings (SSSR count). The number of halogens is 1. The van der Waals surface area contributed by atoms with Crippen molar-refractivity contribution in [1.82, 2.24) is 0 Å². The normalized spacial score (nSPS) is 34.9. The molecule has 2 nitrogen and oxygen atoms in total. The first-order valence-corrected chi connectivity index (χ1v) is 10.4. The summed E-state index contributed by atoms with van der Waals surface area (Å²) in [5.74, 6) is 1.85. The molecular formula is C21H35BrO2. The van der Waals surface area contributed by atoms with Crippen LogP contribution in [0.25, 0.3) is 0 Å². The van der Waals surface area contributed by atoms with Crippen molar-refractivity contribution in [2.45, 2.75) is 72.3 Å². The van der Waals surface area contributed by atoms with E-state index in [1.54, 1.807) is 5.57 Å². The molecule has 0 bridgehead atoms. The molecule has 2 N–H and O–H groups in total. The lowest BCUT2D eigenvalue weighted by atomic mass is 9.60. The van der Waals surface area contributed by atoms with Crippen LogP contribution in [0.3, 0.4) is 0 Å². The molecule has 2 aliphatic carbocycles. The summed E-state index contributed by atoms with van der Waals surface area (Å²) in [7, 11) is 0. The zero-order valence-corrected chi connectivity index (χ0v) is 17.4. The van der Waals surface area contributed by atoms with E-state index in [1.807, 2.05) is 13.8 Å². The van der Waals surface area contributed by atoms with Crippen LogP contribution in [0.15, 0.2) is 22.7 Å². The molecule has 0 radical (unpaired) electrons. The maximum atomic E-state index is 10.8. The number of rotatable bonds is 6. The Hall–Kier alpha value is -0.120. The third-order valence-corrected chi connectivity index (χ3v) is 7.98. The predicted molar refractivity (Wildman–Crippen MR) is 105 cm³/mol. The van der Waals surface area contributed by atoms with E-state index in [0.717, 1.165) is 12.0 Å². The molecule has 0 amide bonds. The molecule has 5 atom stereocenters. The Balaban J connectivity index is 2.10. The molecule has 0 aliphatic heterocycles. The number of aliphatic hydroxyl groups excluding tert-OH is 2. The van der Waals surface area contributed by atoms with E-state index in [2.05, 4.69) is 41.3 Å². The van der Waals surface area contributed by atoms with Gasteiger partial charge in [-0.2, -0.15) is 0 Å². The van der Waals surface area contributed by atoms with Gasteiger partial charge in [0.05, 0.1) is 12.7 Å². The number of hydrogen-bond donors (Lipinski definition) is 2. The molecule has 2 saturated carbocycles. The molecule has 0 saturated heterocycles. The second kappa shape index (κ2) is 7.63. The Kier molecular flexibility index (Phi) is 6.42. The first kappa shape index (κ1) is 20.2. The van der Waals surface area contributed by atoms with Gasteiger partial charge in [0, 0.05) is 5.41 Å². The van der Waals surface area contributed by atoms with Gasteiger partial charge >= 0.3 is 0 Å². The van der Waals surface area contributed by atoms with Gasteiger partial charge in [-0.3, -0.25) is 0 Å². The highest BCUT2D eigenvalue weighted by molar-refractivity contribution is 9.11. The van der Waals surface area contributed by atoms with Crippen molar-refractivity contribution in [3.05, 3.63) is 22.7 Å². The van der Waals surface area contributed by atoms with Crippen LogP contribution in [0, 0.1) is 28.6 Å². The number of allylic oxidation sites excluding steroid dienone is 1. The maximum absolute atomic E-state index is 10.8. The minimum Gasteiger partial charge on any atom is -0.392 e. The highest BCUT2D eigenvalue weighted by Gasteiger charge is 2.51. The van der Waals surface area contributed by atoms with E-state index in [9.17, 15) is 10.2 Å². The van der Waals surface area contributed by atoms with Crippen LogP contribution < -0.4 is 0 Å². The van der Waals surface area contributed by atoms with Gasteiger partial charge in [-0.15, -0.1) is 0 Å². The highest BCUT2D eigenvalue weighted by Crippen LogP contribution is 2.60. The summed E-state index contributed by atoms with van der Waals surface area (Å²) < 4.78 is 0. The summed E-state index contributed by atoms with van der Waals surface area (Å²) >= 11 is 3.58. The SMILES string of the molecule is C=C(CO)C(C)(C)[C@H](O)C[C@@H](C)[C@H]1CC[C@H]2/C(=C/Br)CCC[C@]12C. The van der Waals surface area contributed by atoms with Crippen LogP contribution in [0.1, 0.15) is 66.2 Å². The van der Waals surface area contributed by atoms with Crippen LogP contribution in [0.4, 0.5) is 0 Å². The van der Waals surface area contributed by atoms with Crippen LogP contribution in [-0.4, -0.2) is 22.9 Å². The van der Waals surface area contributed by atoms with Gasteiger partial charge in [-0.05, 0) is 72.3 Å². The van der Waals surface area contributed by atoms with E-state index in [-0.39, 0.29) is 6.61 Å². The van der Waals surface area contributed by atoms with Crippen molar-refractivity contribution in [2.75, 3.05) is 6.61 Å². The molecule has 0 aromatic carbocycles. The van der Waals surface area contributed by atoms with Crippen LogP contribution in [-0.2, 0) is 0 Å². The molecule has 0 aromatic rings. The summed E-state index contributed by atoms with van der Waals surface area (Å²) in [6, 6.07) is 0. The molecule has 138 valence electrons. The summed E-state index contributed by atoms with van der Waals surface area (Å²) in [6.45, 7) is 12.7. The average molecular weight is 399 g/mol. The quantitative estimate of drug-likeness (QED) is 0.584. The van der Waals surface area contributed by atoms with Crippen LogP contribution >= 0.6 is 15.9 Å². The number of fused-ring (bicyclic) bond motifs is 1. The van der Waals surface area contributed by atoms with E-state index < -0.39 is 11.5 Å². The first-order valence-electron chi connectivity index (χ1n) is 9.44. The zero-order chi connectivity index (χ0) is 18.1. The van der Waals surface area contributed by atoms with Gasteiger partial charge in [0.1, 0.15) is 0 Å². The maximum Gasteiger partial charge on any atom is 0.0645 e. The summed E-state index contributed by atoms with van der Waals surface area (Å²) in [5, 5.41) is 20.2. The first-order chi connectivity index (χ1) is 11.2. The average Bonchev–Trinajstić information content (AvgIpc) is 2.90. The Labute approximate surface area is 156 Å². The van der Waals surface area contributed by atoms with Gasteiger partial charge in [0.2, 0.25) is 0 Å². The van der Waals surface area contributed by atoms with Gasteiger partial charge in [-0.1, -0.05) is 55.8 Å². The molecule has 0 spiro atoms. The largest absolute Gasteiger partial charge is 0.392 e. The van der Waals surface area contributed by atoms with E-state index in [1.165, 1.54) is 32.1 Å². The van der Waals surface area contributed by atoms with Gasteiger partial charge in [-0.25, -0.2) is 0 Å². The Bertz CT molecular complexity index is 496. The van der Waals surface area contributed by atoms with Gasteiger partial charge < -0.3 is 10.2 Å². The molecule has 0 aromatic heterocycles. The lowest BCUT2D eigenvalue weighted by Crippen LogP contribution is -2.39. The fraction of sp³-hybridized carbons (Fsp3) is 0.810. The van der Waals surface area contributed by atoms with Crippen molar-refractivity contribution in [1.29, 1.82) is 0 Å². The lowest BCUT2D eigenvalue weighted by molar-refractivity contribution is 0.0183. The molecule has 0 heterocycles. The summed E-state index contributed by atoms with van der Waals surface area (Å²) in [4.78, 5) is 2.17. The minimum absolute atomic E-state index is 0.0545. The molecule has 2 fully saturated rings. The third-order valence-electron chi connectivity index (χ3n) is 7.40. The van der Waals surface area contributed by atoms with Crippen molar-refractivity contribution < 1.29 is 10.2 Å². The van der Waals surface area contributed by atoms with Crippen molar-refractivity contribution in [3.8, 4) is 0 Å². The molecule has 2 aliphatic rings. The lowest BCUT2D eigenvalue weighted by Gasteiger charge is -2.45. The molecule has 3 heteroatoms. The summed E-state index contributed by atoms with van der Waals surface area (Å²) in [6.07, 6.45) is 6.70. The third kappa shape index (κ3) is 3.54. The van der Waals surface area contributed by atoms with Gasteiger partial charge in [0.25, 0.3) is 0 Å². The zero-order valence-electron chi connectivity index (χ0n) is 15.8. The summed E-state index contributed by atoms with van der Waals surface area (Å²) in [5.41, 5.74) is 2.25. The van der Waals surface area contributed by atoms with E-state index in [4.69, 9.17) is 0 Å². The molecular weight excluding hydrogens is 364 g/mol. The number of hydrogen-bond acceptors (Lipinski definition) is 2. The Morgan fingerprint density at radius 1 is 1.46 bits per heavy atom. The Morgan fingerprint density at radius 3 is 2.71 bits per heavy atom.